The fourth-order valence-electron chi connectivity index (χ4n) is 4.16. The Kier molecular flexibility index (Phi) is 7.85. The first-order chi connectivity index (χ1) is 17.1. The van der Waals surface area contributed by atoms with Gasteiger partial charge < -0.3 is 19.1 Å². The summed E-state index contributed by atoms with van der Waals surface area (Å²) in [5, 5.41) is 10.4. The first-order valence-corrected chi connectivity index (χ1v) is 12.2. The molecular formula is C26H36N4O7. The minimum atomic E-state index is -0.734. The molecule has 37 heavy (non-hydrogen) atoms. The molecule has 1 spiro atoms. The van der Waals surface area contributed by atoms with Gasteiger partial charge in [-0.2, -0.15) is 0 Å². The molecule has 11 nitrogen and oxygen atoms in total. The fourth-order valence-corrected chi connectivity index (χ4v) is 4.16. The number of rotatable bonds is 4. The molecule has 2 aliphatic heterocycles. The van der Waals surface area contributed by atoms with Crippen molar-refractivity contribution in [2.75, 3.05) is 26.2 Å². The summed E-state index contributed by atoms with van der Waals surface area (Å²) in [5.74, 6) is -0.804. The SMILES string of the molecule is CC(C)(C)OC(=O)CN1CC2(CCN(C(=O)c3ccc(C(=N)NC(=O)OC(C)(C)C)cc3)CC2)OC1=O. The van der Waals surface area contributed by atoms with E-state index in [0.717, 1.165) is 0 Å². The lowest BCUT2D eigenvalue weighted by atomic mass is 9.91. The highest BCUT2D eigenvalue weighted by atomic mass is 16.6. The molecule has 0 radical (unpaired) electrons. The maximum atomic E-state index is 13.0. The predicted octanol–water partition coefficient (Wildman–Crippen LogP) is 3.31. The number of benzene rings is 1. The Labute approximate surface area is 216 Å². The maximum absolute atomic E-state index is 13.0. The highest BCUT2D eigenvalue weighted by Gasteiger charge is 2.48. The number of carbonyl (C=O) groups is 4. The van der Waals surface area contributed by atoms with Crippen LogP contribution in [-0.2, 0) is 19.0 Å². The van der Waals surface area contributed by atoms with Crippen molar-refractivity contribution >= 4 is 29.9 Å². The average Bonchev–Trinajstić information content (AvgIpc) is 3.05. The highest BCUT2D eigenvalue weighted by molar-refractivity contribution is 6.05. The minimum Gasteiger partial charge on any atom is -0.459 e. The standard InChI is InChI=1S/C26H36N4O7/c1-24(2,3)35-19(31)15-30-16-26(37-23(30)34)11-13-29(14-12-26)21(32)18-9-7-17(8-10-18)20(27)28-22(33)36-25(4,5)6/h7-10H,11-16H2,1-6H3,(H2,27,28,33). The molecule has 1 aromatic carbocycles. The number of nitrogens with zero attached hydrogens (tertiary/aromatic N) is 2. The third kappa shape index (κ3) is 7.68. The van der Waals surface area contributed by atoms with Gasteiger partial charge in [0.05, 0.1) is 6.54 Å². The number of nitrogens with one attached hydrogen (secondary N) is 2. The molecule has 0 saturated carbocycles. The van der Waals surface area contributed by atoms with E-state index in [2.05, 4.69) is 5.32 Å². The third-order valence-electron chi connectivity index (χ3n) is 5.79. The molecule has 0 aromatic heterocycles. The Morgan fingerprint density at radius 2 is 1.51 bits per heavy atom. The number of hydrogen-bond donors (Lipinski definition) is 2. The topological polar surface area (TPSA) is 138 Å². The van der Waals surface area contributed by atoms with Crippen LogP contribution in [0.15, 0.2) is 24.3 Å². The Morgan fingerprint density at radius 1 is 0.973 bits per heavy atom. The highest BCUT2D eigenvalue weighted by Crippen LogP contribution is 2.33. The van der Waals surface area contributed by atoms with Gasteiger partial charge in [-0.3, -0.25) is 25.2 Å². The molecule has 0 unspecified atom stereocenters. The lowest BCUT2D eigenvalue weighted by molar-refractivity contribution is -0.155. The second kappa shape index (κ2) is 10.4. The summed E-state index contributed by atoms with van der Waals surface area (Å²) < 4.78 is 16.1. The van der Waals surface area contributed by atoms with Gasteiger partial charge in [-0.1, -0.05) is 12.1 Å². The van der Waals surface area contributed by atoms with Crippen LogP contribution in [-0.4, -0.2) is 82.7 Å². The van der Waals surface area contributed by atoms with Crippen molar-refractivity contribution in [2.24, 2.45) is 0 Å². The number of hydrogen-bond acceptors (Lipinski definition) is 8. The van der Waals surface area contributed by atoms with Crippen LogP contribution in [0.5, 0.6) is 0 Å². The molecule has 2 heterocycles. The zero-order valence-electron chi connectivity index (χ0n) is 22.3. The van der Waals surface area contributed by atoms with Gasteiger partial charge in [0.15, 0.2) is 0 Å². The molecule has 2 aliphatic rings. The molecular weight excluding hydrogens is 480 g/mol. The van der Waals surface area contributed by atoms with E-state index in [-0.39, 0.29) is 24.8 Å². The van der Waals surface area contributed by atoms with E-state index in [1.807, 2.05) is 0 Å². The fraction of sp³-hybridized carbons (Fsp3) is 0.577. The molecule has 0 aliphatic carbocycles. The number of carbonyl (C=O) groups excluding carboxylic acids is 4. The van der Waals surface area contributed by atoms with Crippen molar-refractivity contribution in [1.82, 2.24) is 15.1 Å². The molecule has 1 aromatic rings. The van der Waals surface area contributed by atoms with E-state index < -0.39 is 35.0 Å². The molecule has 3 amide bonds. The van der Waals surface area contributed by atoms with E-state index in [9.17, 15) is 19.2 Å². The van der Waals surface area contributed by atoms with Gasteiger partial charge in [-0.05, 0) is 53.7 Å². The zero-order chi connectivity index (χ0) is 27.6. The second-order valence-corrected chi connectivity index (χ2v) is 11.4. The largest absolute Gasteiger partial charge is 0.459 e. The van der Waals surface area contributed by atoms with Crippen molar-refractivity contribution in [3.8, 4) is 0 Å². The van der Waals surface area contributed by atoms with E-state index in [0.29, 0.717) is 37.1 Å². The summed E-state index contributed by atoms with van der Waals surface area (Å²) >= 11 is 0. The predicted molar refractivity (Wildman–Crippen MR) is 134 cm³/mol. The van der Waals surface area contributed by atoms with Gasteiger partial charge in [0.25, 0.3) is 5.91 Å². The van der Waals surface area contributed by atoms with Crippen molar-refractivity contribution in [1.29, 1.82) is 5.41 Å². The molecule has 0 atom stereocenters. The number of piperidine rings is 1. The van der Waals surface area contributed by atoms with Crippen LogP contribution in [0.1, 0.15) is 70.3 Å². The first-order valence-electron chi connectivity index (χ1n) is 12.2. The van der Waals surface area contributed by atoms with E-state index >= 15 is 0 Å². The van der Waals surface area contributed by atoms with Gasteiger partial charge in [0.1, 0.15) is 29.2 Å². The summed E-state index contributed by atoms with van der Waals surface area (Å²) in [6.45, 7) is 11.4. The van der Waals surface area contributed by atoms with E-state index in [4.69, 9.17) is 19.6 Å². The van der Waals surface area contributed by atoms with Crippen LogP contribution in [0, 0.1) is 5.41 Å². The number of esters is 1. The molecule has 3 rings (SSSR count). The third-order valence-corrected chi connectivity index (χ3v) is 5.79. The van der Waals surface area contributed by atoms with Crippen LogP contribution in [0.3, 0.4) is 0 Å². The van der Waals surface area contributed by atoms with E-state index in [1.165, 1.54) is 4.90 Å². The number of likely N-dealkylation sites (tertiary alicyclic amines) is 1. The van der Waals surface area contributed by atoms with Gasteiger partial charge >= 0.3 is 18.2 Å². The Bertz CT molecular complexity index is 1060. The van der Waals surface area contributed by atoms with E-state index in [1.54, 1.807) is 70.7 Å². The summed E-state index contributed by atoms with van der Waals surface area (Å²) in [7, 11) is 0. The first kappa shape index (κ1) is 27.9. The average molecular weight is 517 g/mol. The zero-order valence-corrected chi connectivity index (χ0v) is 22.3. The monoisotopic (exact) mass is 516 g/mol. The van der Waals surface area contributed by atoms with Crippen LogP contribution in [0.2, 0.25) is 0 Å². The normalized spacial score (nSPS) is 17.3. The number of amides is 3. The molecule has 0 bridgehead atoms. The molecule has 2 fully saturated rings. The molecule has 2 N–H and O–H groups in total. The quantitative estimate of drug-likeness (QED) is 0.271. The van der Waals surface area contributed by atoms with Crippen molar-refractivity contribution in [2.45, 2.75) is 71.2 Å². The van der Waals surface area contributed by atoms with Crippen molar-refractivity contribution < 1.29 is 33.4 Å². The smallest absolute Gasteiger partial charge is 0.413 e. The maximum Gasteiger partial charge on any atom is 0.413 e. The number of alkyl carbamates (subject to hydrolysis) is 1. The molecule has 2 saturated heterocycles. The Balaban J connectivity index is 1.53. The lowest BCUT2D eigenvalue weighted by Gasteiger charge is -2.37. The second-order valence-electron chi connectivity index (χ2n) is 11.4. The molecule has 202 valence electrons. The number of amidine groups is 1. The van der Waals surface area contributed by atoms with Crippen LogP contribution in [0.25, 0.3) is 0 Å². The summed E-state index contributed by atoms with van der Waals surface area (Å²) in [4.78, 5) is 52.5. The Hall–Kier alpha value is -3.63. The van der Waals surface area contributed by atoms with Gasteiger partial charge in [-0.25, -0.2) is 9.59 Å². The van der Waals surface area contributed by atoms with Gasteiger partial charge in [-0.15, -0.1) is 0 Å². The summed E-state index contributed by atoms with van der Waals surface area (Å²) in [6.07, 6.45) is -0.365. The van der Waals surface area contributed by atoms with Crippen LogP contribution >= 0.6 is 0 Å². The van der Waals surface area contributed by atoms with Crippen LogP contribution < -0.4 is 5.32 Å². The van der Waals surface area contributed by atoms with Crippen molar-refractivity contribution in [3.05, 3.63) is 35.4 Å². The van der Waals surface area contributed by atoms with Crippen molar-refractivity contribution in [3.63, 3.8) is 0 Å². The molecule has 11 heteroatoms. The minimum absolute atomic E-state index is 0.132. The summed E-state index contributed by atoms with van der Waals surface area (Å²) in [6, 6.07) is 6.38. The van der Waals surface area contributed by atoms with Gasteiger partial charge in [0, 0.05) is 37.1 Å². The lowest BCUT2D eigenvalue weighted by Crippen LogP contribution is -2.49. The number of ether oxygens (including phenoxy) is 3. The Morgan fingerprint density at radius 3 is 2.05 bits per heavy atom. The summed E-state index contributed by atoms with van der Waals surface area (Å²) in [5.41, 5.74) is -1.18. The van der Waals surface area contributed by atoms with Crippen LogP contribution in [0.4, 0.5) is 9.59 Å². The van der Waals surface area contributed by atoms with Gasteiger partial charge in [0.2, 0.25) is 0 Å².